The monoisotopic (exact) mass is 294 g/mol. The number of rotatable bonds is 3. The molecular weight excluding hydrogens is 272 g/mol. The number of carbonyl (C=O) groups excluding carboxylic acids is 1. The number of esters is 1. The largest absolute Gasteiger partial charge is 0.462 e. The van der Waals surface area contributed by atoms with Crippen molar-refractivity contribution in [2.45, 2.75) is 31.3 Å². The molecule has 1 aromatic rings. The maximum Gasteiger partial charge on any atom is 0.340 e. The molecule has 5 heteroatoms. The number of nitrogens with zero attached hydrogens (tertiary/aromatic N) is 1. The molecule has 1 heterocycles. The number of ether oxygens (including phenoxy) is 1. The van der Waals surface area contributed by atoms with Gasteiger partial charge < -0.3 is 15.4 Å². The van der Waals surface area contributed by atoms with Crippen LogP contribution < -0.4 is 10.6 Å². The molecule has 0 bridgehead atoms. The highest BCUT2D eigenvalue weighted by molar-refractivity contribution is 8.00. The van der Waals surface area contributed by atoms with E-state index in [1.807, 2.05) is 23.9 Å². The molecule has 1 aliphatic heterocycles. The van der Waals surface area contributed by atoms with Crippen LogP contribution in [0, 0.1) is 0 Å². The van der Waals surface area contributed by atoms with Crippen molar-refractivity contribution in [3.63, 3.8) is 0 Å². The molecule has 2 atom stereocenters. The molecule has 1 saturated heterocycles. The lowest BCUT2D eigenvalue weighted by atomic mass is 10.1. The lowest BCUT2D eigenvalue weighted by Crippen LogP contribution is -2.40. The summed E-state index contributed by atoms with van der Waals surface area (Å²) < 4.78 is 5.05. The molecule has 1 aliphatic rings. The van der Waals surface area contributed by atoms with Gasteiger partial charge in [0.25, 0.3) is 0 Å². The summed E-state index contributed by atoms with van der Waals surface area (Å²) in [6, 6.07) is 5.57. The van der Waals surface area contributed by atoms with Gasteiger partial charge in [0.2, 0.25) is 0 Å². The highest BCUT2D eigenvalue weighted by Gasteiger charge is 2.25. The SMILES string of the molecule is CCOC(=O)c1cccc(N2CC(C)SC(C)C2)c1N. The third-order valence-corrected chi connectivity index (χ3v) is 4.57. The van der Waals surface area contributed by atoms with Crippen molar-refractivity contribution in [3.05, 3.63) is 23.8 Å². The number of anilines is 2. The van der Waals surface area contributed by atoms with Gasteiger partial charge in [0.1, 0.15) is 0 Å². The first-order valence-corrected chi connectivity index (χ1v) is 7.93. The van der Waals surface area contributed by atoms with Gasteiger partial charge in [0, 0.05) is 23.6 Å². The van der Waals surface area contributed by atoms with Crippen molar-refractivity contribution in [3.8, 4) is 0 Å². The summed E-state index contributed by atoms with van der Waals surface area (Å²) in [6.07, 6.45) is 0. The van der Waals surface area contributed by atoms with Gasteiger partial charge in [-0.2, -0.15) is 11.8 Å². The summed E-state index contributed by atoms with van der Waals surface area (Å²) in [4.78, 5) is 14.2. The molecule has 0 amide bonds. The lowest BCUT2D eigenvalue weighted by Gasteiger charge is -2.37. The van der Waals surface area contributed by atoms with Crippen LogP contribution in [0.3, 0.4) is 0 Å². The summed E-state index contributed by atoms with van der Waals surface area (Å²) in [5.41, 5.74) is 8.11. The Bertz CT molecular complexity index is 483. The predicted molar refractivity (Wildman–Crippen MR) is 85.5 cm³/mol. The van der Waals surface area contributed by atoms with Crippen LogP contribution in [0.2, 0.25) is 0 Å². The summed E-state index contributed by atoms with van der Waals surface area (Å²) in [5, 5.41) is 1.12. The second kappa shape index (κ2) is 6.39. The summed E-state index contributed by atoms with van der Waals surface area (Å²) >= 11 is 1.99. The number of hydrogen-bond acceptors (Lipinski definition) is 5. The van der Waals surface area contributed by atoms with Gasteiger partial charge in [0.15, 0.2) is 0 Å². The van der Waals surface area contributed by atoms with E-state index < -0.39 is 0 Å². The van der Waals surface area contributed by atoms with E-state index in [4.69, 9.17) is 10.5 Å². The first-order valence-electron chi connectivity index (χ1n) is 6.99. The van der Waals surface area contributed by atoms with Crippen LogP contribution in [0.5, 0.6) is 0 Å². The Morgan fingerprint density at radius 3 is 2.65 bits per heavy atom. The van der Waals surface area contributed by atoms with Gasteiger partial charge in [-0.05, 0) is 19.1 Å². The molecule has 0 aliphatic carbocycles. The van der Waals surface area contributed by atoms with Gasteiger partial charge in [-0.15, -0.1) is 0 Å². The van der Waals surface area contributed by atoms with E-state index in [2.05, 4.69) is 18.7 Å². The van der Waals surface area contributed by atoms with Crippen LogP contribution in [0.15, 0.2) is 18.2 Å². The van der Waals surface area contributed by atoms with Crippen molar-refractivity contribution < 1.29 is 9.53 Å². The molecule has 110 valence electrons. The molecular formula is C15H22N2O2S. The standard InChI is InChI=1S/C15H22N2O2S/c1-4-19-15(18)12-6-5-7-13(14(12)16)17-8-10(2)20-11(3)9-17/h5-7,10-11H,4,8-9,16H2,1-3H3. The van der Waals surface area contributed by atoms with Crippen molar-refractivity contribution in [2.75, 3.05) is 30.3 Å². The number of benzene rings is 1. The number of thioether (sulfide) groups is 1. The fourth-order valence-corrected chi connectivity index (χ4v) is 3.92. The highest BCUT2D eigenvalue weighted by Crippen LogP contribution is 2.33. The Labute approximate surface area is 124 Å². The Kier molecular flexibility index (Phi) is 4.81. The van der Waals surface area contributed by atoms with E-state index in [1.165, 1.54) is 0 Å². The van der Waals surface area contributed by atoms with Crippen LogP contribution >= 0.6 is 11.8 Å². The predicted octanol–water partition coefficient (Wildman–Crippen LogP) is 2.78. The Hall–Kier alpha value is -1.36. The summed E-state index contributed by atoms with van der Waals surface area (Å²) in [7, 11) is 0. The van der Waals surface area contributed by atoms with Crippen molar-refractivity contribution >= 4 is 29.1 Å². The zero-order valence-electron chi connectivity index (χ0n) is 12.3. The fourth-order valence-electron chi connectivity index (χ4n) is 2.59. The minimum Gasteiger partial charge on any atom is -0.462 e. The Morgan fingerprint density at radius 1 is 1.40 bits per heavy atom. The Morgan fingerprint density at radius 2 is 2.05 bits per heavy atom. The molecule has 0 aromatic heterocycles. The second-order valence-electron chi connectivity index (χ2n) is 5.12. The number of para-hydroxylation sites is 1. The molecule has 20 heavy (non-hydrogen) atoms. The number of nitrogens with two attached hydrogens (primary N) is 1. The molecule has 0 spiro atoms. The number of nitrogen functional groups attached to an aromatic ring is 1. The summed E-state index contributed by atoms with van der Waals surface area (Å²) in [5.74, 6) is -0.348. The zero-order chi connectivity index (χ0) is 14.7. The molecule has 2 N–H and O–H groups in total. The minimum absolute atomic E-state index is 0.348. The third-order valence-electron chi connectivity index (χ3n) is 3.34. The first kappa shape index (κ1) is 15.0. The van der Waals surface area contributed by atoms with Crippen LogP contribution in [-0.4, -0.2) is 36.2 Å². The topological polar surface area (TPSA) is 55.6 Å². The quantitative estimate of drug-likeness (QED) is 0.686. The molecule has 1 fully saturated rings. The second-order valence-corrected chi connectivity index (χ2v) is 7.00. The molecule has 1 aromatic carbocycles. The molecule has 4 nitrogen and oxygen atoms in total. The van der Waals surface area contributed by atoms with Crippen molar-refractivity contribution in [1.29, 1.82) is 0 Å². The van der Waals surface area contributed by atoms with E-state index in [0.29, 0.717) is 28.4 Å². The lowest BCUT2D eigenvalue weighted by molar-refractivity contribution is 0.0527. The van der Waals surface area contributed by atoms with E-state index in [0.717, 1.165) is 18.8 Å². The minimum atomic E-state index is -0.348. The summed E-state index contributed by atoms with van der Waals surface area (Å²) in [6.45, 7) is 8.49. The van der Waals surface area contributed by atoms with Crippen LogP contribution in [0.4, 0.5) is 11.4 Å². The van der Waals surface area contributed by atoms with E-state index in [9.17, 15) is 4.79 Å². The Balaban J connectivity index is 2.28. The van der Waals surface area contributed by atoms with Crippen LogP contribution in [0.1, 0.15) is 31.1 Å². The van der Waals surface area contributed by atoms with Crippen molar-refractivity contribution in [1.82, 2.24) is 0 Å². The van der Waals surface area contributed by atoms with E-state index in [-0.39, 0.29) is 5.97 Å². The molecule has 0 radical (unpaired) electrons. The van der Waals surface area contributed by atoms with Gasteiger partial charge in [-0.3, -0.25) is 0 Å². The zero-order valence-corrected chi connectivity index (χ0v) is 13.1. The molecule has 2 rings (SSSR count). The van der Waals surface area contributed by atoms with Crippen molar-refractivity contribution in [2.24, 2.45) is 0 Å². The van der Waals surface area contributed by atoms with Crippen LogP contribution in [-0.2, 0) is 4.74 Å². The number of carbonyl (C=O) groups is 1. The normalized spacial score (nSPS) is 22.6. The maximum absolute atomic E-state index is 11.9. The smallest absolute Gasteiger partial charge is 0.340 e. The van der Waals surface area contributed by atoms with Crippen LogP contribution in [0.25, 0.3) is 0 Å². The van der Waals surface area contributed by atoms with Gasteiger partial charge in [-0.25, -0.2) is 4.79 Å². The van der Waals surface area contributed by atoms with E-state index >= 15 is 0 Å². The third kappa shape index (κ3) is 3.20. The highest BCUT2D eigenvalue weighted by atomic mass is 32.2. The van der Waals surface area contributed by atoms with Gasteiger partial charge >= 0.3 is 5.97 Å². The van der Waals surface area contributed by atoms with E-state index in [1.54, 1.807) is 13.0 Å². The van der Waals surface area contributed by atoms with Gasteiger partial charge in [-0.1, -0.05) is 19.9 Å². The maximum atomic E-state index is 11.9. The van der Waals surface area contributed by atoms with Gasteiger partial charge in [0.05, 0.1) is 23.5 Å². The first-order chi connectivity index (χ1) is 9.52. The molecule has 2 unspecified atom stereocenters. The average molecular weight is 294 g/mol. The number of hydrogen-bond donors (Lipinski definition) is 1. The molecule has 0 saturated carbocycles. The fraction of sp³-hybridized carbons (Fsp3) is 0.533. The average Bonchev–Trinajstić information content (AvgIpc) is 2.38.